The van der Waals surface area contributed by atoms with Crippen molar-refractivity contribution in [2.45, 2.75) is 58.0 Å². The van der Waals surface area contributed by atoms with E-state index in [9.17, 15) is 9.59 Å². The molecule has 0 radical (unpaired) electrons. The molecule has 2 atom stereocenters. The van der Waals surface area contributed by atoms with Crippen LogP contribution in [0.2, 0.25) is 0 Å². The van der Waals surface area contributed by atoms with Crippen LogP contribution in [0.1, 0.15) is 46.0 Å². The van der Waals surface area contributed by atoms with E-state index in [1.54, 1.807) is 0 Å². The second kappa shape index (κ2) is 5.07. The molecule has 0 bridgehead atoms. The van der Waals surface area contributed by atoms with E-state index in [-0.39, 0.29) is 23.9 Å². The van der Waals surface area contributed by atoms with Gasteiger partial charge in [-0.3, -0.25) is 9.59 Å². The summed E-state index contributed by atoms with van der Waals surface area (Å²) >= 11 is 0. The minimum absolute atomic E-state index is 0.0335. The van der Waals surface area contributed by atoms with E-state index in [0.717, 1.165) is 19.4 Å². The maximum atomic E-state index is 12.3. The van der Waals surface area contributed by atoms with E-state index in [4.69, 9.17) is 0 Å². The van der Waals surface area contributed by atoms with Gasteiger partial charge < -0.3 is 10.2 Å². The molecule has 1 saturated heterocycles. The van der Waals surface area contributed by atoms with Crippen LogP contribution in [0.15, 0.2) is 0 Å². The van der Waals surface area contributed by atoms with E-state index < -0.39 is 0 Å². The monoisotopic (exact) mass is 238 g/mol. The predicted octanol–water partition coefficient (Wildman–Crippen LogP) is 1.30. The molecule has 2 amide bonds. The lowest BCUT2D eigenvalue weighted by atomic mass is 10.0. The zero-order valence-corrected chi connectivity index (χ0v) is 10.7. The van der Waals surface area contributed by atoms with Crippen molar-refractivity contribution in [3.8, 4) is 0 Å². The molecule has 0 spiro atoms. The van der Waals surface area contributed by atoms with Gasteiger partial charge in [0, 0.05) is 6.54 Å². The molecule has 1 saturated carbocycles. The Balaban J connectivity index is 2.09. The first kappa shape index (κ1) is 12.4. The van der Waals surface area contributed by atoms with Crippen LogP contribution >= 0.6 is 0 Å². The molecule has 96 valence electrons. The molecule has 1 aliphatic carbocycles. The summed E-state index contributed by atoms with van der Waals surface area (Å²) in [5, 5.41) is 2.86. The third-order valence-electron chi connectivity index (χ3n) is 3.69. The summed E-state index contributed by atoms with van der Waals surface area (Å²) in [7, 11) is 0. The van der Waals surface area contributed by atoms with Crippen LogP contribution in [0.4, 0.5) is 0 Å². The molecule has 4 nitrogen and oxygen atoms in total. The Morgan fingerprint density at radius 1 is 1.29 bits per heavy atom. The molecule has 0 aromatic carbocycles. The lowest BCUT2D eigenvalue weighted by Crippen LogP contribution is -2.63. The highest BCUT2D eigenvalue weighted by Gasteiger charge is 2.41. The Labute approximate surface area is 103 Å². The molecular weight excluding hydrogens is 216 g/mol. The standard InChI is InChI=1S/C13H22N2O2/c1-3-5-10-13(17)15(8-9-6-7-9)11(4-2)12(16)14-10/h9-11H,3-8H2,1-2H3,(H,14,16). The lowest BCUT2D eigenvalue weighted by Gasteiger charge is -2.38. The number of hydrogen-bond donors (Lipinski definition) is 1. The highest BCUT2D eigenvalue weighted by atomic mass is 16.2. The molecule has 2 unspecified atom stereocenters. The Hall–Kier alpha value is -1.06. The molecule has 4 heteroatoms. The van der Waals surface area contributed by atoms with Crippen LogP contribution in [0.25, 0.3) is 0 Å². The highest BCUT2D eigenvalue weighted by molar-refractivity contribution is 5.96. The molecular formula is C13H22N2O2. The molecule has 2 rings (SSSR count). The number of nitrogens with one attached hydrogen (secondary N) is 1. The van der Waals surface area contributed by atoms with Crippen molar-refractivity contribution in [3.05, 3.63) is 0 Å². The van der Waals surface area contributed by atoms with Gasteiger partial charge in [-0.1, -0.05) is 20.3 Å². The van der Waals surface area contributed by atoms with Crippen LogP contribution in [0, 0.1) is 5.92 Å². The third kappa shape index (κ3) is 2.61. The van der Waals surface area contributed by atoms with Crippen molar-refractivity contribution in [1.29, 1.82) is 0 Å². The van der Waals surface area contributed by atoms with E-state index in [1.807, 2.05) is 18.7 Å². The van der Waals surface area contributed by atoms with E-state index in [2.05, 4.69) is 5.32 Å². The molecule has 1 N–H and O–H groups in total. The molecule has 17 heavy (non-hydrogen) atoms. The molecule has 1 aliphatic heterocycles. The van der Waals surface area contributed by atoms with Crippen molar-refractivity contribution < 1.29 is 9.59 Å². The second-order valence-corrected chi connectivity index (χ2v) is 5.21. The third-order valence-corrected chi connectivity index (χ3v) is 3.69. The van der Waals surface area contributed by atoms with Crippen LogP contribution < -0.4 is 5.32 Å². The summed E-state index contributed by atoms with van der Waals surface area (Å²) in [5.74, 6) is 0.803. The van der Waals surface area contributed by atoms with Gasteiger partial charge in [0.1, 0.15) is 12.1 Å². The fraction of sp³-hybridized carbons (Fsp3) is 0.846. The summed E-state index contributed by atoms with van der Waals surface area (Å²) in [6.45, 7) is 4.79. The summed E-state index contributed by atoms with van der Waals surface area (Å²) in [5.41, 5.74) is 0. The topological polar surface area (TPSA) is 49.4 Å². The first-order valence-electron chi connectivity index (χ1n) is 6.78. The number of carbonyl (C=O) groups excluding carboxylic acids is 2. The van der Waals surface area contributed by atoms with Crippen molar-refractivity contribution in [1.82, 2.24) is 10.2 Å². The van der Waals surface area contributed by atoms with Gasteiger partial charge in [0.2, 0.25) is 11.8 Å². The van der Waals surface area contributed by atoms with Gasteiger partial charge in [-0.05, 0) is 31.6 Å². The average molecular weight is 238 g/mol. The minimum Gasteiger partial charge on any atom is -0.343 e. The maximum absolute atomic E-state index is 12.3. The smallest absolute Gasteiger partial charge is 0.245 e. The number of amides is 2. The quantitative estimate of drug-likeness (QED) is 0.785. The van der Waals surface area contributed by atoms with Gasteiger partial charge in [-0.15, -0.1) is 0 Å². The molecule has 2 fully saturated rings. The van der Waals surface area contributed by atoms with E-state index in [1.165, 1.54) is 12.8 Å². The van der Waals surface area contributed by atoms with Gasteiger partial charge in [0.15, 0.2) is 0 Å². The SMILES string of the molecule is CCCC1NC(=O)C(CC)N(CC2CC2)C1=O. The molecule has 0 aromatic heterocycles. The average Bonchev–Trinajstić information content (AvgIpc) is 3.09. The fourth-order valence-electron chi connectivity index (χ4n) is 2.51. The zero-order chi connectivity index (χ0) is 12.4. The van der Waals surface area contributed by atoms with Gasteiger partial charge in [-0.2, -0.15) is 0 Å². The second-order valence-electron chi connectivity index (χ2n) is 5.21. The summed E-state index contributed by atoms with van der Waals surface area (Å²) < 4.78 is 0. The Morgan fingerprint density at radius 2 is 2.00 bits per heavy atom. The van der Waals surface area contributed by atoms with Crippen molar-refractivity contribution in [2.24, 2.45) is 5.92 Å². The number of rotatable bonds is 5. The van der Waals surface area contributed by atoms with Gasteiger partial charge in [0.25, 0.3) is 0 Å². The lowest BCUT2D eigenvalue weighted by molar-refractivity contribution is -0.149. The zero-order valence-electron chi connectivity index (χ0n) is 10.7. The van der Waals surface area contributed by atoms with E-state index >= 15 is 0 Å². The Morgan fingerprint density at radius 3 is 2.53 bits per heavy atom. The van der Waals surface area contributed by atoms with Gasteiger partial charge >= 0.3 is 0 Å². The van der Waals surface area contributed by atoms with Crippen LogP contribution in [-0.4, -0.2) is 35.3 Å². The number of carbonyl (C=O) groups is 2. The largest absolute Gasteiger partial charge is 0.343 e. The van der Waals surface area contributed by atoms with Gasteiger partial charge in [0.05, 0.1) is 0 Å². The number of nitrogens with zero attached hydrogens (tertiary/aromatic N) is 1. The van der Waals surface area contributed by atoms with E-state index in [0.29, 0.717) is 12.3 Å². The first-order valence-corrected chi connectivity index (χ1v) is 6.78. The summed E-state index contributed by atoms with van der Waals surface area (Å²) in [4.78, 5) is 26.1. The maximum Gasteiger partial charge on any atom is 0.245 e. The molecule has 1 heterocycles. The van der Waals surface area contributed by atoms with Crippen LogP contribution in [0.5, 0.6) is 0 Å². The Kier molecular flexibility index (Phi) is 3.69. The van der Waals surface area contributed by atoms with Crippen LogP contribution in [0.3, 0.4) is 0 Å². The molecule has 0 aromatic rings. The van der Waals surface area contributed by atoms with Crippen LogP contribution in [-0.2, 0) is 9.59 Å². The van der Waals surface area contributed by atoms with Gasteiger partial charge in [-0.25, -0.2) is 0 Å². The van der Waals surface area contributed by atoms with Crippen molar-refractivity contribution in [3.63, 3.8) is 0 Å². The fourth-order valence-corrected chi connectivity index (χ4v) is 2.51. The first-order chi connectivity index (χ1) is 8.17. The minimum atomic E-state index is -0.283. The highest BCUT2D eigenvalue weighted by Crippen LogP contribution is 2.31. The summed E-state index contributed by atoms with van der Waals surface area (Å²) in [6, 6.07) is -0.523. The number of piperazine rings is 1. The number of hydrogen-bond acceptors (Lipinski definition) is 2. The Bertz CT molecular complexity index is 313. The predicted molar refractivity (Wildman–Crippen MR) is 65.4 cm³/mol. The molecule has 2 aliphatic rings. The van der Waals surface area contributed by atoms with Crippen molar-refractivity contribution >= 4 is 11.8 Å². The van der Waals surface area contributed by atoms with Crippen molar-refractivity contribution in [2.75, 3.05) is 6.54 Å². The normalized spacial score (nSPS) is 29.4. The summed E-state index contributed by atoms with van der Waals surface area (Å²) in [6.07, 6.45) is 4.80.